The molecule has 1 N–H and O–H groups in total. The molecule has 0 saturated heterocycles. The Labute approximate surface area is 78.5 Å². The van der Waals surface area contributed by atoms with Crippen molar-refractivity contribution in [2.75, 3.05) is 13.1 Å². The number of aromatic nitrogens is 2. The predicted octanol–water partition coefficient (Wildman–Crippen LogP) is 1.28. The molecule has 3 nitrogen and oxygen atoms in total. The third kappa shape index (κ3) is 1.65. The van der Waals surface area contributed by atoms with E-state index in [1.165, 1.54) is 5.57 Å². The second-order valence-electron chi connectivity index (χ2n) is 3.30. The Hall–Kier alpha value is -1.09. The van der Waals surface area contributed by atoms with E-state index in [1.807, 2.05) is 6.20 Å². The monoisotopic (exact) mass is 177 g/mol. The molecule has 1 aromatic rings. The molecule has 2 heterocycles. The molecule has 0 fully saturated rings. The van der Waals surface area contributed by atoms with Crippen molar-refractivity contribution in [3.63, 3.8) is 0 Å². The highest BCUT2D eigenvalue weighted by molar-refractivity contribution is 5.63. The number of hydrogen-bond donors (Lipinski definition) is 1. The maximum atomic E-state index is 4.37. The van der Waals surface area contributed by atoms with E-state index in [0.717, 1.165) is 31.9 Å². The zero-order valence-electron chi connectivity index (χ0n) is 7.95. The fourth-order valence-corrected chi connectivity index (χ4v) is 1.66. The summed E-state index contributed by atoms with van der Waals surface area (Å²) in [6.45, 7) is 5.19. The molecule has 1 aliphatic rings. The minimum Gasteiger partial charge on any atom is -0.331 e. The predicted molar refractivity (Wildman–Crippen MR) is 53.4 cm³/mol. The number of aryl methyl sites for hydroxylation is 1. The van der Waals surface area contributed by atoms with E-state index in [9.17, 15) is 0 Å². The van der Waals surface area contributed by atoms with Gasteiger partial charge in [-0.3, -0.25) is 0 Å². The van der Waals surface area contributed by atoms with Crippen LogP contribution in [0.3, 0.4) is 0 Å². The molecular formula is C10H15N3. The summed E-state index contributed by atoms with van der Waals surface area (Å²) in [6, 6.07) is 0. The Balaban J connectivity index is 2.23. The van der Waals surface area contributed by atoms with E-state index in [-0.39, 0.29) is 0 Å². The van der Waals surface area contributed by atoms with Crippen molar-refractivity contribution in [1.29, 1.82) is 0 Å². The lowest BCUT2D eigenvalue weighted by Gasteiger charge is -2.05. The van der Waals surface area contributed by atoms with Crippen molar-refractivity contribution < 1.29 is 0 Å². The van der Waals surface area contributed by atoms with Crippen LogP contribution in [0.5, 0.6) is 0 Å². The largest absolute Gasteiger partial charge is 0.331 e. The van der Waals surface area contributed by atoms with E-state index < -0.39 is 0 Å². The standard InChI is InChI=1S/C10H15N3/c1-2-6-13-7-5-12-10(13)9-3-4-11-8-9/h3,5,7,11H,2,4,6,8H2,1H3. The average molecular weight is 177 g/mol. The number of rotatable bonds is 3. The minimum absolute atomic E-state index is 0.959. The Morgan fingerprint density at radius 1 is 1.62 bits per heavy atom. The van der Waals surface area contributed by atoms with Crippen LogP contribution in [-0.4, -0.2) is 22.6 Å². The van der Waals surface area contributed by atoms with Crippen molar-refractivity contribution in [2.24, 2.45) is 0 Å². The molecule has 0 aliphatic carbocycles. The van der Waals surface area contributed by atoms with Gasteiger partial charge in [-0.2, -0.15) is 0 Å². The van der Waals surface area contributed by atoms with Crippen LogP contribution in [0.15, 0.2) is 18.5 Å². The molecule has 0 atom stereocenters. The summed E-state index contributed by atoms with van der Waals surface area (Å²) in [5.74, 6) is 1.13. The molecule has 13 heavy (non-hydrogen) atoms. The number of hydrogen-bond acceptors (Lipinski definition) is 2. The molecule has 0 spiro atoms. The maximum absolute atomic E-state index is 4.37. The molecule has 0 saturated carbocycles. The molecule has 1 aliphatic heterocycles. The molecule has 3 heteroatoms. The van der Waals surface area contributed by atoms with E-state index >= 15 is 0 Å². The number of imidazole rings is 1. The summed E-state index contributed by atoms with van der Waals surface area (Å²) < 4.78 is 2.22. The summed E-state index contributed by atoms with van der Waals surface area (Å²) in [5.41, 5.74) is 1.33. The Bertz CT molecular complexity index is 312. The number of nitrogens with zero attached hydrogens (tertiary/aromatic N) is 2. The van der Waals surface area contributed by atoms with Gasteiger partial charge in [0.2, 0.25) is 0 Å². The fraction of sp³-hybridized carbons (Fsp3) is 0.500. The summed E-state index contributed by atoms with van der Waals surface area (Å²) in [7, 11) is 0. The van der Waals surface area contributed by atoms with Gasteiger partial charge in [-0.05, 0) is 6.42 Å². The van der Waals surface area contributed by atoms with Gasteiger partial charge in [0.1, 0.15) is 5.82 Å². The first-order chi connectivity index (χ1) is 6.42. The molecule has 0 bridgehead atoms. The van der Waals surface area contributed by atoms with E-state index in [0.29, 0.717) is 0 Å². The van der Waals surface area contributed by atoms with Crippen LogP contribution in [0.25, 0.3) is 5.57 Å². The fourth-order valence-electron chi connectivity index (χ4n) is 1.66. The Morgan fingerprint density at radius 3 is 3.23 bits per heavy atom. The van der Waals surface area contributed by atoms with E-state index in [2.05, 4.69) is 34.1 Å². The van der Waals surface area contributed by atoms with Gasteiger partial charge in [0.05, 0.1) is 0 Å². The zero-order valence-corrected chi connectivity index (χ0v) is 7.95. The third-order valence-electron chi connectivity index (χ3n) is 2.28. The smallest absolute Gasteiger partial charge is 0.136 e. The van der Waals surface area contributed by atoms with Gasteiger partial charge in [0.15, 0.2) is 0 Å². The minimum atomic E-state index is 0.959. The molecule has 2 rings (SSSR count). The first kappa shape index (κ1) is 8.51. The van der Waals surface area contributed by atoms with Crippen LogP contribution >= 0.6 is 0 Å². The second-order valence-corrected chi connectivity index (χ2v) is 3.30. The van der Waals surface area contributed by atoms with Gasteiger partial charge in [0.25, 0.3) is 0 Å². The van der Waals surface area contributed by atoms with Crippen LogP contribution in [0, 0.1) is 0 Å². The zero-order chi connectivity index (χ0) is 9.10. The lowest BCUT2D eigenvalue weighted by atomic mass is 10.2. The summed E-state index contributed by atoms with van der Waals surface area (Å²) >= 11 is 0. The van der Waals surface area contributed by atoms with Gasteiger partial charge < -0.3 is 9.88 Å². The van der Waals surface area contributed by atoms with Crippen molar-refractivity contribution in [3.05, 3.63) is 24.3 Å². The molecule has 0 amide bonds. The lowest BCUT2D eigenvalue weighted by molar-refractivity contribution is 0.668. The summed E-state index contributed by atoms with van der Waals surface area (Å²) in [4.78, 5) is 4.37. The van der Waals surface area contributed by atoms with E-state index in [1.54, 1.807) is 0 Å². The van der Waals surface area contributed by atoms with E-state index in [4.69, 9.17) is 0 Å². The van der Waals surface area contributed by atoms with Crippen molar-refractivity contribution in [3.8, 4) is 0 Å². The van der Waals surface area contributed by atoms with Crippen molar-refractivity contribution >= 4 is 5.57 Å². The summed E-state index contributed by atoms with van der Waals surface area (Å²) in [6.07, 6.45) is 7.31. The second kappa shape index (κ2) is 3.75. The Kier molecular flexibility index (Phi) is 2.45. The number of nitrogens with one attached hydrogen (secondary N) is 1. The first-order valence-electron chi connectivity index (χ1n) is 4.83. The van der Waals surface area contributed by atoms with Gasteiger partial charge in [-0.1, -0.05) is 13.0 Å². The van der Waals surface area contributed by atoms with Gasteiger partial charge in [-0.25, -0.2) is 4.98 Å². The molecule has 0 unspecified atom stereocenters. The van der Waals surface area contributed by atoms with Crippen molar-refractivity contribution in [2.45, 2.75) is 19.9 Å². The molecule has 70 valence electrons. The SMILES string of the molecule is CCCn1ccnc1C1=CCNC1. The van der Waals surface area contributed by atoms with Gasteiger partial charge in [-0.15, -0.1) is 0 Å². The summed E-state index contributed by atoms with van der Waals surface area (Å²) in [5, 5.41) is 3.28. The molecule has 0 aromatic carbocycles. The Morgan fingerprint density at radius 2 is 2.54 bits per heavy atom. The van der Waals surface area contributed by atoms with Crippen LogP contribution in [-0.2, 0) is 6.54 Å². The topological polar surface area (TPSA) is 29.9 Å². The maximum Gasteiger partial charge on any atom is 0.136 e. The highest BCUT2D eigenvalue weighted by Crippen LogP contribution is 2.14. The van der Waals surface area contributed by atoms with Crippen LogP contribution in [0.2, 0.25) is 0 Å². The lowest BCUT2D eigenvalue weighted by Crippen LogP contribution is -2.10. The molecule has 0 radical (unpaired) electrons. The average Bonchev–Trinajstić information content (AvgIpc) is 2.71. The van der Waals surface area contributed by atoms with Crippen molar-refractivity contribution in [1.82, 2.24) is 14.9 Å². The quantitative estimate of drug-likeness (QED) is 0.753. The highest BCUT2D eigenvalue weighted by Gasteiger charge is 2.10. The first-order valence-corrected chi connectivity index (χ1v) is 4.83. The highest BCUT2D eigenvalue weighted by atomic mass is 15.1. The van der Waals surface area contributed by atoms with Crippen LogP contribution < -0.4 is 5.32 Å². The van der Waals surface area contributed by atoms with Gasteiger partial charge in [0, 0.05) is 37.6 Å². The van der Waals surface area contributed by atoms with Gasteiger partial charge >= 0.3 is 0 Å². The van der Waals surface area contributed by atoms with Crippen LogP contribution in [0.4, 0.5) is 0 Å². The third-order valence-corrected chi connectivity index (χ3v) is 2.28. The molecular weight excluding hydrogens is 162 g/mol. The normalized spacial score (nSPS) is 16.2. The molecule has 1 aromatic heterocycles. The van der Waals surface area contributed by atoms with Crippen LogP contribution in [0.1, 0.15) is 19.2 Å².